The molecule has 172 valence electrons. The van der Waals surface area contributed by atoms with Crippen LogP contribution in [-0.4, -0.2) is 58.0 Å². The zero-order valence-electron chi connectivity index (χ0n) is 16.5. The highest BCUT2D eigenvalue weighted by Crippen LogP contribution is 2.31. The van der Waals surface area contributed by atoms with Crippen LogP contribution in [-0.2, 0) is 26.0 Å². The summed E-state index contributed by atoms with van der Waals surface area (Å²) in [6.07, 6.45) is -4.47. The molecule has 0 saturated carbocycles. The quantitative estimate of drug-likeness (QED) is 0.528. The third-order valence-corrected chi connectivity index (χ3v) is 7.94. The average molecular weight is 483 g/mol. The Morgan fingerprint density at radius 1 is 0.935 bits per heavy atom. The van der Waals surface area contributed by atoms with Crippen molar-refractivity contribution in [3.05, 3.63) is 54.1 Å². The molecule has 13 heteroatoms. The van der Waals surface area contributed by atoms with Gasteiger partial charge < -0.3 is 9.94 Å². The summed E-state index contributed by atoms with van der Waals surface area (Å²) < 4.78 is 93.0. The third-order valence-electron chi connectivity index (χ3n) is 4.17. The molecule has 2 aromatic rings. The molecular weight excluding hydrogens is 461 g/mol. The molecule has 0 bridgehead atoms. The zero-order chi connectivity index (χ0) is 23.4. The number of nitrogens with one attached hydrogen (secondary N) is 1. The molecule has 1 atom stereocenters. The third kappa shape index (κ3) is 6.90. The van der Waals surface area contributed by atoms with Gasteiger partial charge in [0.2, 0.25) is 10.0 Å². The van der Waals surface area contributed by atoms with Gasteiger partial charge in [0.25, 0.3) is 0 Å². The molecule has 0 aliphatic rings. The van der Waals surface area contributed by atoms with E-state index in [1.807, 2.05) is 0 Å². The fourth-order valence-corrected chi connectivity index (χ4v) is 5.06. The van der Waals surface area contributed by atoms with Gasteiger partial charge in [-0.05, 0) is 48.5 Å². The van der Waals surface area contributed by atoms with Gasteiger partial charge in [0.05, 0.1) is 28.0 Å². The monoisotopic (exact) mass is 482 g/mol. The van der Waals surface area contributed by atoms with Crippen LogP contribution in [0.15, 0.2) is 53.4 Å². The predicted molar refractivity (Wildman–Crippen MR) is 106 cm³/mol. The number of hydrogen-bond acceptors (Lipinski definition) is 7. The van der Waals surface area contributed by atoms with Crippen molar-refractivity contribution in [2.24, 2.45) is 0 Å². The van der Waals surface area contributed by atoms with Crippen LogP contribution in [0.1, 0.15) is 5.56 Å². The highest BCUT2D eigenvalue weighted by molar-refractivity contribution is 7.91. The smallest absolute Gasteiger partial charge is 0.416 e. The van der Waals surface area contributed by atoms with Gasteiger partial charge in [0.15, 0.2) is 9.84 Å². The Morgan fingerprint density at radius 3 is 1.84 bits per heavy atom. The van der Waals surface area contributed by atoms with Gasteiger partial charge in [0.1, 0.15) is 11.5 Å². The number of rotatable bonds is 9. The van der Waals surface area contributed by atoms with Crippen LogP contribution in [0.4, 0.5) is 13.2 Å². The number of hydroxylamine groups is 1. The van der Waals surface area contributed by atoms with Gasteiger partial charge in [-0.3, -0.25) is 0 Å². The first-order valence-corrected chi connectivity index (χ1v) is 12.0. The zero-order valence-corrected chi connectivity index (χ0v) is 18.1. The van der Waals surface area contributed by atoms with E-state index in [1.54, 1.807) is 5.48 Å². The van der Waals surface area contributed by atoms with Crippen LogP contribution in [0.3, 0.4) is 0 Å². The molecule has 31 heavy (non-hydrogen) atoms. The molecule has 0 heterocycles. The van der Waals surface area contributed by atoms with Crippen molar-refractivity contribution in [2.45, 2.75) is 17.1 Å². The fraction of sp³-hybridized carbons (Fsp3) is 0.333. The summed E-state index contributed by atoms with van der Waals surface area (Å²) in [6, 6.07) is 7.76. The second kappa shape index (κ2) is 9.53. The Bertz CT molecular complexity index is 1080. The molecule has 0 aliphatic heterocycles. The first-order chi connectivity index (χ1) is 14.2. The summed E-state index contributed by atoms with van der Waals surface area (Å²) in [4.78, 5) is -0.144. The molecule has 0 saturated heterocycles. The number of hydrogen-bond donors (Lipinski definition) is 2. The maximum absolute atomic E-state index is 12.6. The van der Waals surface area contributed by atoms with Crippen LogP contribution < -0.4 is 10.2 Å². The van der Waals surface area contributed by atoms with Crippen molar-refractivity contribution in [1.82, 2.24) is 9.79 Å². The number of sulfonamides is 1. The van der Waals surface area contributed by atoms with Crippen LogP contribution >= 0.6 is 0 Å². The van der Waals surface area contributed by atoms with E-state index in [2.05, 4.69) is 0 Å². The number of ether oxygens (including phenoxy) is 1. The van der Waals surface area contributed by atoms with E-state index in [0.29, 0.717) is 0 Å². The summed E-state index contributed by atoms with van der Waals surface area (Å²) >= 11 is 0. The van der Waals surface area contributed by atoms with Crippen LogP contribution in [0.5, 0.6) is 11.5 Å². The maximum atomic E-state index is 12.6. The predicted octanol–water partition coefficient (Wildman–Crippen LogP) is 2.51. The molecule has 0 fully saturated rings. The second-order valence-electron chi connectivity index (χ2n) is 6.76. The number of alkyl halides is 3. The van der Waals surface area contributed by atoms with Crippen molar-refractivity contribution in [3.8, 4) is 11.5 Å². The van der Waals surface area contributed by atoms with E-state index in [0.717, 1.165) is 28.6 Å². The molecule has 0 aliphatic carbocycles. The molecule has 0 spiro atoms. The normalized spacial score (nSPS) is 13.9. The molecule has 0 amide bonds. The number of sulfone groups is 1. The van der Waals surface area contributed by atoms with Gasteiger partial charge in [-0.15, -0.1) is 0 Å². The molecular formula is C18H21F3N2O6S2. The van der Waals surface area contributed by atoms with Gasteiger partial charge in [-0.25, -0.2) is 26.6 Å². The average Bonchev–Trinajstić information content (AvgIpc) is 2.67. The molecule has 2 rings (SSSR count). The first kappa shape index (κ1) is 25.1. The summed E-state index contributed by atoms with van der Waals surface area (Å²) in [5.74, 6) is -1.01. The van der Waals surface area contributed by atoms with Gasteiger partial charge >= 0.3 is 6.18 Å². The van der Waals surface area contributed by atoms with E-state index in [4.69, 9.17) is 4.74 Å². The minimum Gasteiger partial charge on any atom is -0.457 e. The minimum absolute atomic E-state index is 0.127. The SMILES string of the molecule is CN(C)S(=O)(=O)CC(CS(=O)(=O)c1ccc(Oc2ccc(C(F)(F)F)cc2)cc1)NO. The van der Waals surface area contributed by atoms with Gasteiger partial charge in [0, 0.05) is 14.1 Å². The molecule has 2 aromatic carbocycles. The molecule has 8 nitrogen and oxygen atoms in total. The number of halogens is 3. The van der Waals surface area contributed by atoms with Crippen LogP contribution in [0, 0.1) is 0 Å². The van der Waals surface area contributed by atoms with E-state index in [-0.39, 0.29) is 16.4 Å². The summed E-state index contributed by atoms with van der Waals surface area (Å²) in [5, 5.41) is 9.17. The van der Waals surface area contributed by atoms with Crippen LogP contribution in [0.2, 0.25) is 0 Å². The second-order valence-corrected chi connectivity index (χ2v) is 11.0. The highest BCUT2D eigenvalue weighted by atomic mass is 32.2. The Hall–Kier alpha value is -2.19. The lowest BCUT2D eigenvalue weighted by atomic mass is 10.2. The topological polar surface area (TPSA) is 113 Å². The Labute approximate surface area is 178 Å². The van der Waals surface area contributed by atoms with E-state index in [9.17, 15) is 35.2 Å². The summed E-state index contributed by atoms with van der Waals surface area (Å²) in [5.41, 5.74) is 0.879. The first-order valence-electron chi connectivity index (χ1n) is 8.72. The van der Waals surface area contributed by atoms with Crippen molar-refractivity contribution < 1.29 is 40.0 Å². The Kier molecular flexibility index (Phi) is 7.70. The van der Waals surface area contributed by atoms with Crippen molar-refractivity contribution in [2.75, 3.05) is 25.6 Å². The highest BCUT2D eigenvalue weighted by Gasteiger charge is 2.30. The lowest BCUT2D eigenvalue weighted by Crippen LogP contribution is -2.42. The standard InChI is InChI=1S/C18H21F3N2O6S2/c1-23(2)31(27,28)12-14(22-24)11-30(25,26)17-9-7-16(8-10-17)29-15-5-3-13(4-6-15)18(19,20)21/h3-10,14,22,24H,11-12H2,1-2H3. The van der Waals surface area contributed by atoms with E-state index < -0.39 is 49.1 Å². The van der Waals surface area contributed by atoms with Crippen molar-refractivity contribution >= 4 is 19.9 Å². The van der Waals surface area contributed by atoms with E-state index in [1.165, 1.54) is 38.4 Å². The summed E-state index contributed by atoms with van der Waals surface area (Å²) in [6.45, 7) is 0. The maximum Gasteiger partial charge on any atom is 0.416 e. The fourth-order valence-electron chi connectivity index (χ4n) is 2.45. The molecule has 0 radical (unpaired) electrons. The Balaban J connectivity index is 2.10. The summed E-state index contributed by atoms with van der Waals surface area (Å²) in [7, 11) is -5.16. The van der Waals surface area contributed by atoms with E-state index >= 15 is 0 Å². The van der Waals surface area contributed by atoms with Gasteiger partial charge in [-0.1, -0.05) is 0 Å². The largest absolute Gasteiger partial charge is 0.457 e. The Morgan fingerprint density at radius 2 is 1.42 bits per heavy atom. The van der Waals surface area contributed by atoms with Crippen molar-refractivity contribution in [3.63, 3.8) is 0 Å². The van der Waals surface area contributed by atoms with Gasteiger partial charge in [-0.2, -0.15) is 13.2 Å². The minimum atomic E-state index is -4.47. The molecule has 1 unspecified atom stereocenters. The van der Waals surface area contributed by atoms with Crippen molar-refractivity contribution in [1.29, 1.82) is 0 Å². The van der Waals surface area contributed by atoms with Crippen LogP contribution in [0.25, 0.3) is 0 Å². The lowest BCUT2D eigenvalue weighted by Gasteiger charge is -2.18. The molecule has 0 aromatic heterocycles. The number of benzene rings is 2. The molecule has 2 N–H and O–H groups in total. The number of nitrogens with zero attached hydrogens (tertiary/aromatic N) is 1. The lowest BCUT2D eigenvalue weighted by molar-refractivity contribution is -0.137.